The third-order valence-corrected chi connectivity index (χ3v) is 5.10. The maximum Gasteiger partial charge on any atom is 0.233 e. The van der Waals surface area contributed by atoms with E-state index in [0.717, 1.165) is 38.3 Å². The molecule has 1 fully saturated rings. The number of sulfonamides is 1. The molecule has 0 spiro atoms. The number of nitrogens with zero attached hydrogens (tertiary/aromatic N) is 2. The second-order valence-electron chi connectivity index (χ2n) is 6.32. The molecule has 0 radical (unpaired) electrons. The molecular weight excluding hydrogens is 310 g/mol. The molecule has 23 heavy (non-hydrogen) atoms. The monoisotopic (exact) mass is 337 g/mol. The summed E-state index contributed by atoms with van der Waals surface area (Å²) in [5, 5.41) is 1.24. The highest BCUT2D eigenvalue weighted by molar-refractivity contribution is 7.92. The molecule has 1 aliphatic rings. The van der Waals surface area contributed by atoms with Gasteiger partial charge in [0.1, 0.15) is 0 Å². The molecule has 1 heterocycles. The fourth-order valence-corrected chi connectivity index (χ4v) is 3.52. The minimum Gasteiger partial charge on any atom is -0.304 e. The molecule has 1 aromatic carbocycles. The molecule has 6 heteroatoms. The van der Waals surface area contributed by atoms with Crippen LogP contribution in [0.3, 0.4) is 0 Å². The fourth-order valence-electron chi connectivity index (χ4n) is 2.57. The van der Waals surface area contributed by atoms with Crippen molar-refractivity contribution < 1.29 is 8.42 Å². The molecule has 1 saturated heterocycles. The quantitative estimate of drug-likeness (QED) is 0.818. The van der Waals surface area contributed by atoms with E-state index in [9.17, 15) is 8.42 Å². The van der Waals surface area contributed by atoms with Crippen molar-refractivity contribution in [2.45, 2.75) is 6.92 Å². The second-order valence-corrected chi connectivity index (χ2v) is 7.97. The highest BCUT2D eigenvalue weighted by atomic mass is 32.2. The summed E-state index contributed by atoms with van der Waals surface area (Å²) in [6.07, 6.45) is 1.62. The lowest BCUT2D eigenvalue weighted by molar-refractivity contribution is 0.139. The predicted molar refractivity (Wildman–Crippen MR) is 95.5 cm³/mol. The zero-order valence-electron chi connectivity index (χ0n) is 14.0. The first kappa shape index (κ1) is 18.1. The minimum absolute atomic E-state index is 0.290. The van der Waals surface area contributed by atoms with E-state index in [0.29, 0.717) is 12.5 Å². The Labute approximate surface area is 140 Å². The molecule has 1 atom stereocenters. The zero-order chi connectivity index (χ0) is 16.7. The molecule has 0 saturated carbocycles. The van der Waals surface area contributed by atoms with Gasteiger partial charge in [-0.3, -0.25) is 0 Å². The van der Waals surface area contributed by atoms with E-state index in [1.54, 1.807) is 6.08 Å². The summed E-state index contributed by atoms with van der Waals surface area (Å²) < 4.78 is 26.7. The number of piperazine rings is 1. The van der Waals surface area contributed by atoms with Crippen LogP contribution >= 0.6 is 0 Å². The van der Waals surface area contributed by atoms with Crippen molar-refractivity contribution in [2.75, 3.05) is 46.3 Å². The second kappa shape index (κ2) is 8.59. The summed E-state index contributed by atoms with van der Waals surface area (Å²) in [5.74, 6) is 0.290. The largest absolute Gasteiger partial charge is 0.304 e. The number of likely N-dealkylation sites (N-methyl/N-ethyl adjacent to an activating group) is 1. The normalized spacial score (nSPS) is 19.2. The third kappa shape index (κ3) is 6.83. The number of hydrogen-bond donors (Lipinski definition) is 1. The summed E-state index contributed by atoms with van der Waals surface area (Å²) in [4.78, 5) is 4.72. The molecule has 5 nitrogen and oxygen atoms in total. The first-order valence-corrected chi connectivity index (χ1v) is 9.63. The molecular formula is C17H27N3O2S. The Bertz CT molecular complexity index is 594. The maximum absolute atomic E-state index is 12.0. The standard InChI is InChI=1S/C17H27N3O2S/c1-16(15-20-11-9-19(2)10-12-20)14-18-23(21,22)13-8-17-6-4-3-5-7-17/h3-8,13,16,18H,9-12,14-15H2,1-2H3/b13-8-/t16-/m1/s1. The van der Waals surface area contributed by atoms with Gasteiger partial charge in [0.15, 0.2) is 0 Å². The van der Waals surface area contributed by atoms with Gasteiger partial charge in [0, 0.05) is 44.7 Å². The summed E-state index contributed by atoms with van der Waals surface area (Å²) >= 11 is 0. The van der Waals surface area contributed by atoms with E-state index >= 15 is 0 Å². The molecule has 1 N–H and O–H groups in total. The van der Waals surface area contributed by atoms with E-state index in [1.165, 1.54) is 5.41 Å². The lowest BCUT2D eigenvalue weighted by atomic mass is 10.1. The average Bonchev–Trinajstić information content (AvgIpc) is 2.55. The van der Waals surface area contributed by atoms with Crippen molar-refractivity contribution in [2.24, 2.45) is 5.92 Å². The van der Waals surface area contributed by atoms with Crippen LogP contribution < -0.4 is 4.72 Å². The Morgan fingerprint density at radius 2 is 1.83 bits per heavy atom. The van der Waals surface area contributed by atoms with Gasteiger partial charge in [-0.2, -0.15) is 0 Å². The average molecular weight is 337 g/mol. The Hall–Kier alpha value is -1.21. The van der Waals surface area contributed by atoms with Gasteiger partial charge in [-0.05, 0) is 24.6 Å². The fraction of sp³-hybridized carbons (Fsp3) is 0.529. The highest BCUT2D eigenvalue weighted by Crippen LogP contribution is 2.06. The van der Waals surface area contributed by atoms with E-state index in [4.69, 9.17) is 0 Å². The van der Waals surface area contributed by atoms with Gasteiger partial charge in [-0.15, -0.1) is 0 Å². The van der Waals surface area contributed by atoms with Crippen molar-refractivity contribution >= 4 is 16.1 Å². The Morgan fingerprint density at radius 1 is 1.17 bits per heavy atom. The first-order valence-electron chi connectivity index (χ1n) is 8.08. The van der Waals surface area contributed by atoms with Crippen molar-refractivity contribution in [3.05, 3.63) is 41.3 Å². The van der Waals surface area contributed by atoms with Gasteiger partial charge >= 0.3 is 0 Å². The van der Waals surface area contributed by atoms with Crippen LogP contribution in [0.5, 0.6) is 0 Å². The summed E-state index contributed by atoms with van der Waals surface area (Å²) in [6.45, 7) is 7.76. The van der Waals surface area contributed by atoms with Gasteiger partial charge in [-0.25, -0.2) is 13.1 Å². The van der Waals surface area contributed by atoms with E-state index < -0.39 is 10.0 Å². The van der Waals surface area contributed by atoms with Crippen LogP contribution in [0.1, 0.15) is 12.5 Å². The predicted octanol–water partition coefficient (Wildman–Crippen LogP) is 1.46. The molecule has 0 aliphatic carbocycles. The van der Waals surface area contributed by atoms with Crippen LogP contribution in [0, 0.1) is 5.92 Å². The summed E-state index contributed by atoms with van der Waals surface area (Å²) in [7, 11) is -1.25. The Kier molecular flexibility index (Phi) is 6.77. The van der Waals surface area contributed by atoms with E-state index in [2.05, 4.69) is 28.5 Å². The van der Waals surface area contributed by atoms with Crippen molar-refractivity contribution in [3.8, 4) is 0 Å². The topological polar surface area (TPSA) is 52.7 Å². The third-order valence-electron chi connectivity index (χ3n) is 4.04. The van der Waals surface area contributed by atoms with Gasteiger partial charge in [0.2, 0.25) is 10.0 Å². The van der Waals surface area contributed by atoms with E-state index in [-0.39, 0.29) is 0 Å². The van der Waals surface area contributed by atoms with Crippen molar-refractivity contribution in [1.82, 2.24) is 14.5 Å². The van der Waals surface area contributed by atoms with Crippen LogP contribution in [-0.4, -0.2) is 64.5 Å². The molecule has 128 valence electrons. The SMILES string of the molecule is C[C@H](CNS(=O)(=O)/C=C\c1ccccc1)CN1CCN(C)CC1. The number of rotatable bonds is 7. The van der Waals surface area contributed by atoms with E-state index in [1.807, 2.05) is 30.3 Å². The number of benzene rings is 1. The summed E-state index contributed by atoms with van der Waals surface area (Å²) in [6, 6.07) is 9.43. The van der Waals surface area contributed by atoms with Gasteiger partial charge < -0.3 is 9.80 Å². The van der Waals surface area contributed by atoms with Crippen LogP contribution in [-0.2, 0) is 10.0 Å². The summed E-state index contributed by atoms with van der Waals surface area (Å²) in [5.41, 5.74) is 0.878. The lowest BCUT2D eigenvalue weighted by Gasteiger charge is -2.33. The molecule has 1 aromatic rings. The molecule has 1 aliphatic heterocycles. The molecule has 2 rings (SSSR count). The molecule has 0 amide bonds. The molecule has 0 unspecified atom stereocenters. The highest BCUT2D eigenvalue weighted by Gasteiger charge is 2.17. The zero-order valence-corrected chi connectivity index (χ0v) is 14.8. The Morgan fingerprint density at radius 3 is 2.48 bits per heavy atom. The minimum atomic E-state index is -3.38. The molecule has 0 bridgehead atoms. The van der Waals surface area contributed by atoms with Crippen molar-refractivity contribution in [1.29, 1.82) is 0 Å². The van der Waals surface area contributed by atoms with Crippen LogP contribution in [0.2, 0.25) is 0 Å². The van der Waals surface area contributed by atoms with Crippen LogP contribution in [0.25, 0.3) is 6.08 Å². The van der Waals surface area contributed by atoms with Crippen LogP contribution in [0.4, 0.5) is 0 Å². The smallest absolute Gasteiger partial charge is 0.233 e. The van der Waals surface area contributed by atoms with Gasteiger partial charge in [0.25, 0.3) is 0 Å². The maximum atomic E-state index is 12.0. The van der Waals surface area contributed by atoms with Crippen LogP contribution in [0.15, 0.2) is 35.7 Å². The lowest BCUT2D eigenvalue weighted by Crippen LogP contribution is -2.46. The van der Waals surface area contributed by atoms with Crippen molar-refractivity contribution in [3.63, 3.8) is 0 Å². The number of nitrogens with one attached hydrogen (secondary N) is 1. The first-order chi connectivity index (χ1) is 10.9. The molecule has 0 aromatic heterocycles. The van der Waals surface area contributed by atoms with Gasteiger partial charge in [0.05, 0.1) is 0 Å². The van der Waals surface area contributed by atoms with Gasteiger partial charge in [-0.1, -0.05) is 37.3 Å². The number of hydrogen-bond acceptors (Lipinski definition) is 4. The Balaban J connectivity index is 1.76.